The third kappa shape index (κ3) is 4.15. The number of hydrogen-bond donors (Lipinski definition) is 5. The predicted octanol–water partition coefficient (Wildman–Crippen LogP) is -0.399. The number of pyridine rings is 1. The maximum Gasteiger partial charge on any atom is 0.141 e. The minimum atomic E-state index is -1.21. The first-order valence-corrected chi connectivity index (χ1v) is 5.70. The molecular weight excluding hydrogens is 248 g/mol. The molecule has 0 radical (unpaired) electrons. The van der Waals surface area contributed by atoms with E-state index in [4.69, 9.17) is 21.1 Å². The van der Waals surface area contributed by atoms with E-state index in [9.17, 15) is 5.11 Å². The number of rotatable bonds is 3. The highest BCUT2D eigenvalue weighted by Gasteiger charge is 2.20. The average Bonchev–Trinajstić information content (AvgIpc) is 2.48. The van der Waals surface area contributed by atoms with E-state index in [1.807, 2.05) is 18.2 Å². The highest BCUT2D eigenvalue weighted by Crippen LogP contribution is 2.20. The second kappa shape index (κ2) is 7.01. The van der Waals surface area contributed by atoms with Gasteiger partial charge in [0.05, 0.1) is 25.4 Å². The molecule has 0 saturated carbocycles. The van der Waals surface area contributed by atoms with Gasteiger partial charge in [0, 0.05) is 11.6 Å². The molecule has 0 aliphatic heterocycles. The summed E-state index contributed by atoms with van der Waals surface area (Å²) in [7, 11) is 0. The zero-order valence-electron chi connectivity index (χ0n) is 10.4. The Labute approximate surface area is 110 Å². The molecule has 0 bridgehead atoms. The first kappa shape index (κ1) is 15.3. The topological polar surface area (TPSA) is 120 Å². The Kier molecular flexibility index (Phi) is 5.65. The summed E-state index contributed by atoms with van der Waals surface area (Å²) < 4.78 is 0. The number of aromatic nitrogens is 1. The van der Waals surface area contributed by atoms with Crippen LogP contribution in [-0.2, 0) is 0 Å². The second-order valence-electron chi connectivity index (χ2n) is 4.19. The lowest BCUT2D eigenvalue weighted by molar-refractivity contribution is 0.0698. The number of nitrogens with zero attached hydrogens (tertiary/aromatic N) is 1. The van der Waals surface area contributed by atoms with Gasteiger partial charge in [0.15, 0.2) is 0 Å². The van der Waals surface area contributed by atoms with Crippen LogP contribution < -0.4 is 5.73 Å². The first-order chi connectivity index (χ1) is 9.06. The van der Waals surface area contributed by atoms with Gasteiger partial charge in [-0.1, -0.05) is 18.2 Å². The fourth-order valence-electron chi connectivity index (χ4n) is 1.24. The van der Waals surface area contributed by atoms with Crippen LogP contribution in [0.2, 0.25) is 0 Å². The van der Waals surface area contributed by atoms with Gasteiger partial charge in [-0.3, -0.25) is 4.98 Å². The van der Waals surface area contributed by atoms with Gasteiger partial charge < -0.3 is 26.2 Å². The van der Waals surface area contributed by atoms with Crippen LogP contribution in [0.3, 0.4) is 0 Å². The maximum atomic E-state index is 9.31. The summed E-state index contributed by atoms with van der Waals surface area (Å²) in [6.45, 7) is -1.21. The normalized spacial score (nSPS) is 10.9. The van der Waals surface area contributed by atoms with E-state index in [-0.39, 0.29) is 5.75 Å². The Morgan fingerprint density at radius 3 is 2.05 bits per heavy atom. The van der Waals surface area contributed by atoms with Gasteiger partial charge in [0.2, 0.25) is 0 Å². The van der Waals surface area contributed by atoms with E-state index in [0.29, 0.717) is 5.52 Å². The number of aromatic hydroxyl groups is 1. The summed E-state index contributed by atoms with van der Waals surface area (Å²) in [5, 5.41) is 35.3. The molecule has 0 spiro atoms. The maximum absolute atomic E-state index is 9.31. The molecule has 1 aromatic heterocycles. The Balaban J connectivity index is 0.000000203. The van der Waals surface area contributed by atoms with Crippen molar-refractivity contribution in [1.82, 2.24) is 4.98 Å². The monoisotopic (exact) mass is 266 g/mol. The Morgan fingerprint density at radius 2 is 1.58 bits per heavy atom. The number of aliphatic hydroxyl groups excluding tert-OH is 3. The van der Waals surface area contributed by atoms with E-state index >= 15 is 0 Å². The molecule has 6 N–H and O–H groups in total. The molecule has 6 heteroatoms. The van der Waals surface area contributed by atoms with Crippen molar-refractivity contribution < 1.29 is 20.4 Å². The van der Waals surface area contributed by atoms with Crippen molar-refractivity contribution in [3.8, 4) is 5.75 Å². The number of phenolic OH excluding ortho intramolecular Hbond substituents is 1. The average molecular weight is 266 g/mol. The number of nitrogens with two attached hydrogens (primary N) is 1. The molecule has 0 unspecified atom stereocenters. The lowest BCUT2D eigenvalue weighted by Gasteiger charge is -2.20. The molecule has 2 rings (SSSR count). The summed E-state index contributed by atoms with van der Waals surface area (Å²) in [6.07, 6.45) is 1.67. The summed E-state index contributed by atoms with van der Waals surface area (Å²) in [6, 6.07) is 9.13. The van der Waals surface area contributed by atoms with Crippen molar-refractivity contribution in [2.45, 2.75) is 5.54 Å². The fraction of sp³-hybridized carbons (Fsp3) is 0.308. The number of hydrogen-bond acceptors (Lipinski definition) is 6. The third-order valence-electron chi connectivity index (χ3n) is 2.56. The van der Waals surface area contributed by atoms with E-state index < -0.39 is 25.4 Å². The number of aliphatic hydroxyl groups is 3. The summed E-state index contributed by atoms with van der Waals surface area (Å²) in [4.78, 5) is 4.03. The van der Waals surface area contributed by atoms with Crippen LogP contribution >= 0.6 is 0 Å². The summed E-state index contributed by atoms with van der Waals surface area (Å²) >= 11 is 0. The molecule has 0 atom stereocenters. The van der Waals surface area contributed by atoms with Crippen molar-refractivity contribution in [2.24, 2.45) is 5.73 Å². The molecule has 19 heavy (non-hydrogen) atoms. The molecule has 0 aliphatic rings. The second-order valence-corrected chi connectivity index (χ2v) is 4.19. The zero-order valence-corrected chi connectivity index (χ0v) is 10.4. The molecule has 104 valence electrons. The molecule has 0 fully saturated rings. The number of para-hydroxylation sites is 1. The molecule has 1 heterocycles. The smallest absolute Gasteiger partial charge is 0.141 e. The largest absolute Gasteiger partial charge is 0.506 e. The fourth-order valence-corrected chi connectivity index (χ4v) is 1.24. The minimum absolute atomic E-state index is 0.239. The van der Waals surface area contributed by atoms with E-state index in [2.05, 4.69) is 4.98 Å². The highest BCUT2D eigenvalue weighted by atomic mass is 16.3. The van der Waals surface area contributed by atoms with Gasteiger partial charge >= 0.3 is 0 Å². The standard InChI is InChI=1S/C9H7NO.C4H11NO3/c11-8-5-1-3-7-4-2-6-10-9(7)8;5-4(1-6,2-7)3-8/h1-6,11H;6-8H,1-3,5H2. The molecule has 0 amide bonds. The summed E-state index contributed by atoms with van der Waals surface area (Å²) in [5.41, 5.74) is 4.60. The Morgan fingerprint density at radius 1 is 1.00 bits per heavy atom. The van der Waals surface area contributed by atoms with Crippen LogP contribution in [0, 0.1) is 0 Å². The molecule has 0 saturated heterocycles. The van der Waals surface area contributed by atoms with Crippen LogP contribution in [0.15, 0.2) is 36.5 Å². The van der Waals surface area contributed by atoms with Crippen LogP contribution in [0.4, 0.5) is 0 Å². The lowest BCUT2D eigenvalue weighted by atomic mass is 10.1. The third-order valence-corrected chi connectivity index (χ3v) is 2.56. The van der Waals surface area contributed by atoms with Gasteiger partial charge in [-0.15, -0.1) is 0 Å². The Hall–Kier alpha value is -1.73. The molecular formula is C13H18N2O4. The van der Waals surface area contributed by atoms with Crippen LogP contribution in [0.5, 0.6) is 5.75 Å². The zero-order chi connectivity index (χ0) is 14.3. The number of fused-ring (bicyclic) bond motifs is 1. The van der Waals surface area contributed by atoms with Crippen molar-refractivity contribution in [3.63, 3.8) is 0 Å². The summed E-state index contributed by atoms with van der Waals surface area (Å²) in [5.74, 6) is 0.239. The Bertz CT molecular complexity index is 501. The molecule has 2 aromatic rings. The van der Waals surface area contributed by atoms with Crippen LogP contribution in [0.1, 0.15) is 0 Å². The SMILES string of the molecule is NC(CO)(CO)CO.Oc1cccc2cccnc12. The quantitative estimate of drug-likeness (QED) is 0.515. The van der Waals surface area contributed by atoms with Crippen molar-refractivity contribution in [3.05, 3.63) is 36.5 Å². The van der Waals surface area contributed by atoms with Crippen molar-refractivity contribution in [1.29, 1.82) is 0 Å². The number of benzene rings is 1. The molecule has 1 aromatic carbocycles. The van der Waals surface area contributed by atoms with E-state index in [1.165, 1.54) is 0 Å². The lowest BCUT2D eigenvalue weighted by Crippen LogP contribution is -2.50. The van der Waals surface area contributed by atoms with Gasteiger partial charge in [-0.05, 0) is 12.1 Å². The highest BCUT2D eigenvalue weighted by molar-refractivity contribution is 5.83. The van der Waals surface area contributed by atoms with Crippen LogP contribution in [-0.4, -0.2) is 50.8 Å². The van der Waals surface area contributed by atoms with E-state index in [1.54, 1.807) is 18.3 Å². The van der Waals surface area contributed by atoms with Gasteiger partial charge in [-0.25, -0.2) is 0 Å². The molecule has 0 aliphatic carbocycles. The first-order valence-electron chi connectivity index (χ1n) is 5.70. The molecule has 6 nitrogen and oxygen atoms in total. The predicted molar refractivity (Wildman–Crippen MR) is 71.6 cm³/mol. The van der Waals surface area contributed by atoms with Crippen molar-refractivity contribution >= 4 is 10.9 Å². The van der Waals surface area contributed by atoms with Gasteiger partial charge in [-0.2, -0.15) is 0 Å². The van der Waals surface area contributed by atoms with E-state index in [0.717, 1.165) is 5.39 Å². The van der Waals surface area contributed by atoms with Crippen LogP contribution in [0.25, 0.3) is 10.9 Å². The van der Waals surface area contributed by atoms with Gasteiger partial charge in [0.1, 0.15) is 11.3 Å². The number of phenols is 1. The minimum Gasteiger partial charge on any atom is -0.506 e. The van der Waals surface area contributed by atoms with Gasteiger partial charge in [0.25, 0.3) is 0 Å². The van der Waals surface area contributed by atoms with Crippen molar-refractivity contribution in [2.75, 3.05) is 19.8 Å².